The van der Waals surface area contributed by atoms with E-state index in [1.54, 1.807) is 7.11 Å². The van der Waals surface area contributed by atoms with Crippen molar-refractivity contribution >= 4 is 11.8 Å². The van der Waals surface area contributed by atoms with Gasteiger partial charge >= 0.3 is 0 Å². The monoisotopic (exact) mass is 244 g/mol. The van der Waals surface area contributed by atoms with Crippen molar-refractivity contribution in [3.8, 4) is 0 Å². The van der Waals surface area contributed by atoms with E-state index < -0.39 is 0 Å². The maximum Gasteiger partial charge on any atom is 0.229 e. The summed E-state index contributed by atoms with van der Waals surface area (Å²) in [5.41, 5.74) is 0. The van der Waals surface area contributed by atoms with Crippen LogP contribution in [0.25, 0.3) is 0 Å². The van der Waals surface area contributed by atoms with Crippen LogP contribution in [0.3, 0.4) is 0 Å². The normalized spacial score (nSPS) is 16.3. The SMILES string of the molecule is COCCN(CCO)CCN1C(=O)CCC1=O. The first-order chi connectivity index (χ1) is 8.19. The van der Waals surface area contributed by atoms with Crippen LogP contribution in [0.4, 0.5) is 0 Å². The summed E-state index contributed by atoms with van der Waals surface area (Å²) >= 11 is 0. The molecule has 0 saturated carbocycles. The third-order valence-corrected chi connectivity index (χ3v) is 2.82. The van der Waals surface area contributed by atoms with E-state index in [9.17, 15) is 9.59 Å². The molecule has 1 heterocycles. The number of likely N-dealkylation sites (tertiary alicyclic amines) is 1. The van der Waals surface area contributed by atoms with E-state index in [2.05, 4.69) is 0 Å². The summed E-state index contributed by atoms with van der Waals surface area (Å²) in [5, 5.41) is 8.90. The zero-order valence-electron chi connectivity index (χ0n) is 10.2. The number of hydrogen-bond acceptors (Lipinski definition) is 5. The van der Waals surface area contributed by atoms with Crippen LogP contribution in [0.2, 0.25) is 0 Å². The molecule has 6 nitrogen and oxygen atoms in total. The standard InChI is InChI=1S/C11H20N2O4/c1-17-9-7-12(6-8-14)4-5-13-10(15)2-3-11(13)16/h14H,2-9H2,1H3. The minimum Gasteiger partial charge on any atom is -0.395 e. The maximum atomic E-state index is 11.4. The third-order valence-electron chi connectivity index (χ3n) is 2.82. The van der Waals surface area contributed by atoms with Crippen molar-refractivity contribution in [1.82, 2.24) is 9.80 Å². The van der Waals surface area contributed by atoms with Crippen molar-refractivity contribution in [2.24, 2.45) is 0 Å². The number of carbonyl (C=O) groups excluding carboxylic acids is 2. The minimum absolute atomic E-state index is 0.0611. The van der Waals surface area contributed by atoms with E-state index in [1.807, 2.05) is 4.90 Å². The smallest absolute Gasteiger partial charge is 0.229 e. The average Bonchev–Trinajstić information content (AvgIpc) is 2.63. The van der Waals surface area contributed by atoms with Crippen molar-refractivity contribution < 1.29 is 19.4 Å². The zero-order valence-corrected chi connectivity index (χ0v) is 10.2. The van der Waals surface area contributed by atoms with Gasteiger partial charge in [-0.15, -0.1) is 0 Å². The first kappa shape index (κ1) is 14.1. The molecular formula is C11H20N2O4. The second-order valence-electron chi connectivity index (χ2n) is 4.00. The van der Waals surface area contributed by atoms with Gasteiger partial charge in [-0.2, -0.15) is 0 Å². The number of imide groups is 1. The molecule has 1 aliphatic rings. The number of methoxy groups -OCH3 is 1. The fourth-order valence-corrected chi connectivity index (χ4v) is 1.81. The van der Waals surface area contributed by atoms with E-state index in [0.717, 1.165) is 0 Å². The number of rotatable bonds is 8. The third kappa shape index (κ3) is 4.41. The van der Waals surface area contributed by atoms with Crippen molar-refractivity contribution in [3.63, 3.8) is 0 Å². The molecule has 6 heteroatoms. The Labute approximate surface area is 101 Å². The van der Waals surface area contributed by atoms with Gasteiger partial charge in [0.1, 0.15) is 0 Å². The number of hydrogen-bond donors (Lipinski definition) is 1. The molecule has 1 fully saturated rings. The number of carbonyl (C=O) groups is 2. The van der Waals surface area contributed by atoms with Crippen LogP contribution in [0, 0.1) is 0 Å². The number of aliphatic hydroxyl groups is 1. The molecule has 1 saturated heterocycles. The van der Waals surface area contributed by atoms with Gasteiger partial charge in [-0.05, 0) is 0 Å². The van der Waals surface area contributed by atoms with Gasteiger partial charge in [0.25, 0.3) is 0 Å². The minimum atomic E-state index is -0.0920. The largest absolute Gasteiger partial charge is 0.395 e. The van der Waals surface area contributed by atoms with Gasteiger partial charge in [-0.1, -0.05) is 0 Å². The van der Waals surface area contributed by atoms with Crippen molar-refractivity contribution in [3.05, 3.63) is 0 Å². The van der Waals surface area contributed by atoms with Gasteiger partial charge < -0.3 is 9.84 Å². The Morgan fingerprint density at radius 3 is 2.41 bits per heavy atom. The van der Waals surface area contributed by atoms with Gasteiger partial charge in [0.2, 0.25) is 11.8 Å². The van der Waals surface area contributed by atoms with Crippen LogP contribution < -0.4 is 0 Å². The lowest BCUT2D eigenvalue weighted by atomic mass is 10.4. The quantitative estimate of drug-likeness (QED) is 0.559. The van der Waals surface area contributed by atoms with Gasteiger partial charge in [0, 0.05) is 46.1 Å². The molecule has 98 valence electrons. The molecule has 0 spiro atoms. The molecule has 17 heavy (non-hydrogen) atoms. The van der Waals surface area contributed by atoms with Gasteiger partial charge in [0.15, 0.2) is 0 Å². The van der Waals surface area contributed by atoms with E-state index in [4.69, 9.17) is 9.84 Å². The van der Waals surface area contributed by atoms with Gasteiger partial charge in [-0.25, -0.2) is 0 Å². The number of nitrogens with zero attached hydrogens (tertiary/aromatic N) is 2. The molecule has 1 aliphatic heterocycles. The highest BCUT2D eigenvalue weighted by molar-refractivity contribution is 6.01. The lowest BCUT2D eigenvalue weighted by Crippen LogP contribution is -2.40. The maximum absolute atomic E-state index is 11.4. The molecular weight excluding hydrogens is 224 g/mol. The molecule has 0 aromatic carbocycles. The summed E-state index contributed by atoms with van der Waals surface area (Å²) in [6.07, 6.45) is 0.661. The molecule has 0 aromatic heterocycles. The first-order valence-electron chi connectivity index (χ1n) is 5.84. The number of aliphatic hydroxyl groups excluding tert-OH is 1. The Balaban J connectivity index is 2.34. The Bertz CT molecular complexity index is 254. The lowest BCUT2D eigenvalue weighted by Gasteiger charge is -2.23. The molecule has 0 bridgehead atoms. The van der Waals surface area contributed by atoms with Crippen LogP contribution in [-0.2, 0) is 14.3 Å². The Morgan fingerprint density at radius 1 is 1.24 bits per heavy atom. The number of amides is 2. The van der Waals surface area contributed by atoms with Crippen LogP contribution in [0.5, 0.6) is 0 Å². The molecule has 2 amide bonds. The summed E-state index contributed by atoms with van der Waals surface area (Å²) in [6.45, 7) is 2.84. The fraction of sp³-hybridized carbons (Fsp3) is 0.818. The molecule has 1 N–H and O–H groups in total. The lowest BCUT2D eigenvalue weighted by molar-refractivity contribution is -0.138. The summed E-state index contributed by atoms with van der Waals surface area (Å²) in [7, 11) is 1.62. The molecule has 0 atom stereocenters. The summed E-state index contributed by atoms with van der Waals surface area (Å²) in [4.78, 5) is 26.0. The Hall–Kier alpha value is -0.980. The molecule has 0 aromatic rings. The summed E-state index contributed by atoms with van der Waals surface area (Å²) < 4.78 is 4.96. The van der Waals surface area contributed by atoms with E-state index in [-0.39, 0.29) is 18.4 Å². The Kier molecular flexibility index (Phi) is 6.10. The van der Waals surface area contributed by atoms with Crippen molar-refractivity contribution in [1.29, 1.82) is 0 Å². The number of ether oxygens (including phenoxy) is 1. The van der Waals surface area contributed by atoms with Crippen LogP contribution >= 0.6 is 0 Å². The van der Waals surface area contributed by atoms with Crippen LogP contribution in [0.15, 0.2) is 0 Å². The molecule has 0 aliphatic carbocycles. The van der Waals surface area contributed by atoms with E-state index in [1.165, 1.54) is 4.90 Å². The predicted octanol–water partition coefficient (Wildman–Crippen LogP) is -0.924. The zero-order chi connectivity index (χ0) is 12.7. The van der Waals surface area contributed by atoms with E-state index in [0.29, 0.717) is 45.6 Å². The summed E-state index contributed by atoms with van der Waals surface area (Å²) in [6, 6.07) is 0. The predicted molar refractivity (Wildman–Crippen MR) is 61.4 cm³/mol. The average molecular weight is 244 g/mol. The molecule has 1 rings (SSSR count). The highest BCUT2D eigenvalue weighted by Crippen LogP contribution is 2.11. The van der Waals surface area contributed by atoms with Crippen molar-refractivity contribution in [2.75, 3.05) is 46.5 Å². The Morgan fingerprint density at radius 2 is 1.88 bits per heavy atom. The second kappa shape index (κ2) is 7.37. The molecule has 0 radical (unpaired) electrons. The fourth-order valence-electron chi connectivity index (χ4n) is 1.81. The van der Waals surface area contributed by atoms with Gasteiger partial charge in [-0.3, -0.25) is 19.4 Å². The second-order valence-corrected chi connectivity index (χ2v) is 4.00. The first-order valence-corrected chi connectivity index (χ1v) is 5.84. The highest BCUT2D eigenvalue weighted by Gasteiger charge is 2.28. The van der Waals surface area contributed by atoms with Crippen LogP contribution in [-0.4, -0.2) is 73.2 Å². The highest BCUT2D eigenvalue weighted by atomic mass is 16.5. The van der Waals surface area contributed by atoms with Crippen molar-refractivity contribution in [2.45, 2.75) is 12.8 Å². The van der Waals surface area contributed by atoms with Crippen LogP contribution in [0.1, 0.15) is 12.8 Å². The van der Waals surface area contributed by atoms with Gasteiger partial charge in [0.05, 0.1) is 13.2 Å². The summed E-state index contributed by atoms with van der Waals surface area (Å²) in [5.74, 6) is -0.184. The topological polar surface area (TPSA) is 70.1 Å². The van der Waals surface area contributed by atoms with E-state index >= 15 is 0 Å². The molecule has 0 unspecified atom stereocenters.